The molecule has 90 valence electrons. The molecule has 2 rings (SSSR count). The van der Waals surface area contributed by atoms with E-state index in [2.05, 4.69) is 0 Å². The molecule has 0 spiro atoms. The van der Waals surface area contributed by atoms with Crippen LogP contribution in [0.2, 0.25) is 0 Å². The van der Waals surface area contributed by atoms with E-state index in [1.807, 2.05) is 50.2 Å². The fourth-order valence-corrected chi connectivity index (χ4v) is 2.96. The lowest BCUT2D eigenvalue weighted by Gasteiger charge is -2.19. The number of hydrogen-bond donors (Lipinski definition) is 2. The van der Waals surface area contributed by atoms with Crippen molar-refractivity contribution in [1.29, 1.82) is 0 Å². The number of aliphatic hydroxyl groups excluding tert-OH is 1. The number of aryl methyl sites for hydroxylation is 2. The van der Waals surface area contributed by atoms with Crippen LogP contribution in [0.3, 0.4) is 0 Å². The molecule has 2 aromatic rings. The predicted molar refractivity (Wildman–Crippen MR) is 72.1 cm³/mol. The van der Waals surface area contributed by atoms with Crippen molar-refractivity contribution in [2.24, 2.45) is 5.73 Å². The van der Waals surface area contributed by atoms with Crippen LogP contribution < -0.4 is 5.73 Å². The van der Waals surface area contributed by atoms with Crippen LogP contribution in [-0.2, 0) is 0 Å². The van der Waals surface area contributed by atoms with E-state index in [1.165, 1.54) is 4.88 Å². The first-order valence-corrected chi connectivity index (χ1v) is 6.46. The van der Waals surface area contributed by atoms with Gasteiger partial charge in [0, 0.05) is 9.75 Å². The Morgan fingerprint density at radius 1 is 1.18 bits per heavy atom. The molecule has 2 nitrogen and oxygen atoms in total. The number of hydrogen-bond acceptors (Lipinski definition) is 3. The second-order valence-corrected chi connectivity index (χ2v) is 5.71. The minimum atomic E-state index is -0.637. The van der Waals surface area contributed by atoms with E-state index in [-0.39, 0.29) is 6.04 Å². The molecule has 0 aliphatic carbocycles. The van der Waals surface area contributed by atoms with E-state index in [0.29, 0.717) is 0 Å². The van der Waals surface area contributed by atoms with E-state index < -0.39 is 6.10 Å². The lowest BCUT2D eigenvalue weighted by Crippen LogP contribution is -2.19. The van der Waals surface area contributed by atoms with Crippen molar-refractivity contribution in [2.75, 3.05) is 0 Å². The minimum absolute atomic E-state index is 0.371. The van der Waals surface area contributed by atoms with Gasteiger partial charge in [-0.15, -0.1) is 11.3 Å². The third kappa shape index (κ3) is 2.57. The Morgan fingerprint density at radius 2 is 1.82 bits per heavy atom. The molecular weight excluding hydrogens is 230 g/mol. The van der Waals surface area contributed by atoms with Crippen LogP contribution in [0, 0.1) is 13.8 Å². The van der Waals surface area contributed by atoms with Gasteiger partial charge in [0.05, 0.1) is 12.1 Å². The maximum atomic E-state index is 10.3. The van der Waals surface area contributed by atoms with E-state index in [0.717, 1.165) is 16.0 Å². The molecule has 0 saturated carbocycles. The zero-order chi connectivity index (χ0) is 12.4. The quantitative estimate of drug-likeness (QED) is 0.875. The van der Waals surface area contributed by atoms with Crippen LogP contribution in [0.1, 0.15) is 33.0 Å². The largest absolute Gasteiger partial charge is 0.386 e. The van der Waals surface area contributed by atoms with Gasteiger partial charge in [0.15, 0.2) is 0 Å². The van der Waals surface area contributed by atoms with Gasteiger partial charge in [0.1, 0.15) is 0 Å². The van der Waals surface area contributed by atoms with Gasteiger partial charge in [0.25, 0.3) is 0 Å². The van der Waals surface area contributed by atoms with E-state index >= 15 is 0 Å². The molecule has 2 unspecified atom stereocenters. The Balaban J connectivity index is 2.26. The first-order valence-electron chi connectivity index (χ1n) is 5.65. The van der Waals surface area contributed by atoms with Gasteiger partial charge in [-0.3, -0.25) is 0 Å². The summed E-state index contributed by atoms with van der Waals surface area (Å²) in [5, 5.41) is 10.3. The van der Waals surface area contributed by atoms with E-state index in [4.69, 9.17) is 5.73 Å². The lowest BCUT2D eigenvalue weighted by atomic mass is 9.97. The van der Waals surface area contributed by atoms with Crippen LogP contribution in [0.25, 0.3) is 0 Å². The van der Waals surface area contributed by atoms with Crippen LogP contribution >= 0.6 is 11.3 Å². The average Bonchev–Trinajstić information content (AvgIpc) is 2.68. The summed E-state index contributed by atoms with van der Waals surface area (Å²) in [5.74, 6) is 0. The first kappa shape index (κ1) is 12.3. The van der Waals surface area contributed by atoms with Gasteiger partial charge < -0.3 is 10.8 Å². The second kappa shape index (κ2) is 5.00. The third-order valence-corrected chi connectivity index (χ3v) is 3.90. The summed E-state index contributed by atoms with van der Waals surface area (Å²) in [4.78, 5) is 2.35. The molecule has 0 aliphatic heterocycles. The Kier molecular flexibility index (Phi) is 3.62. The molecule has 0 saturated heterocycles. The summed E-state index contributed by atoms with van der Waals surface area (Å²) in [6, 6.07) is 11.4. The van der Waals surface area contributed by atoms with Crippen LogP contribution in [0.15, 0.2) is 36.4 Å². The summed E-state index contributed by atoms with van der Waals surface area (Å²) < 4.78 is 0. The smallest absolute Gasteiger partial charge is 0.0993 e. The van der Waals surface area contributed by atoms with E-state index in [9.17, 15) is 5.11 Å². The summed E-state index contributed by atoms with van der Waals surface area (Å²) in [6.07, 6.45) is -0.637. The molecular formula is C14H17NOS. The van der Waals surface area contributed by atoms with Crippen LogP contribution in [-0.4, -0.2) is 5.11 Å². The highest BCUT2D eigenvalue weighted by Gasteiger charge is 2.21. The number of thiophene rings is 1. The monoisotopic (exact) mass is 247 g/mol. The van der Waals surface area contributed by atoms with Crippen LogP contribution in [0.4, 0.5) is 0 Å². The molecule has 2 atom stereocenters. The Bertz CT molecular complexity index is 492. The van der Waals surface area contributed by atoms with Gasteiger partial charge in [-0.2, -0.15) is 0 Å². The molecule has 0 radical (unpaired) electrons. The fraction of sp³-hybridized carbons (Fsp3) is 0.286. The zero-order valence-electron chi connectivity index (χ0n) is 10.1. The van der Waals surface area contributed by atoms with Crippen molar-refractivity contribution >= 4 is 11.3 Å². The number of rotatable bonds is 3. The van der Waals surface area contributed by atoms with Gasteiger partial charge in [-0.1, -0.05) is 30.3 Å². The Labute approximate surface area is 106 Å². The molecule has 1 heterocycles. The van der Waals surface area contributed by atoms with Gasteiger partial charge >= 0.3 is 0 Å². The molecule has 0 fully saturated rings. The lowest BCUT2D eigenvalue weighted by molar-refractivity contribution is 0.147. The maximum Gasteiger partial charge on any atom is 0.0993 e. The molecule has 1 aromatic carbocycles. The standard InChI is InChI=1S/C14H17NOS/c1-9-8-12(10(2)17-9)14(16)13(15)11-6-4-3-5-7-11/h3-8,13-14,16H,15H2,1-2H3. The highest BCUT2D eigenvalue weighted by Crippen LogP contribution is 2.32. The van der Waals surface area contributed by atoms with E-state index in [1.54, 1.807) is 11.3 Å². The molecule has 0 bridgehead atoms. The predicted octanol–water partition coefficient (Wildman–Crippen LogP) is 3.10. The van der Waals surface area contributed by atoms with Crippen molar-refractivity contribution < 1.29 is 5.11 Å². The van der Waals surface area contributed by atoms with Crippen LogP contribution in [0.5, 0.6) is 0 Å². The third-order valence-electron chi connectivity index (χ3n) is 2.92. The second-order valence-electron chi connectivity index (χ2n) is 4.25. The summed E-state index contributed by atoms with van der Waals surface area (Å²) in [7, 11) is 0. The zero-order valence-corrected chi connectivity index (χ0v) is 10.9. The molecule has 3 heteroatoms. The molecule has 3 N–H and O–H groups in total. The number of benzene rings is 1. The molecule has 1 aromatic heterocycles. The Morgan fingerprint density at radius 3 is 2.35 bits per heavy atom. The van der Waals surface area contributed by atoms with Gasteiger partial charge in [-0.05, 0) is 31.0 Å². The Hall–Kier alpha value is -1.16. The molecule has 0 aliphatic rings. The summed E-state index contributed by atoms with van der Waals surface area (Å²) >= 11 is 1.69. The van der Waals surface area contributed by atoms with Gasteiger partial charge in [-0.25, -0.2) is 0 Å². The van der Waals surface area contributed by atoms with Crippen molar-refractivity contribution in [3.05, 3.63) is 57.3 Å². The SMILES string of the molecule is Cc1cc(C(O)C(N)c2ccccc2)c(C)s1. The van der Waals surface area contributed by atoms with Gasteiger partial charge in [0.2, 0.25) is 0 Å². The van der Waals surface area contributed by atoms with Crippen molar-refractivity contribution in [3.63, 3.8) is 0 Å². The summed E-state index contributed by atoms with van der Waals surface area (Å²) in [5.41, 5.74) is 8.01. The highest BCUT2D eigenvalue weighted by molar-refractivity contribution is 7.12. The highest BCUT2D eigenvalue weighted by atomic mass is 32.1. The topological polar surface area (TPSA) is 46.2 Å². The number of nitrogens with two attached hydrogens (primary N) is 1. The normalized spacial score (nSPS) is 14.6. The average molecular weight is 247 g/mol. The van der Waals surface area contributed by atoms with Crippen molar-refractivity contribution in [1.82, 2.24) is 0 Å². The first-order chi connectivity index (χ1) is 8.09. The number of aliphatic hydroxyl groups is 1. The van der Waals surface area contributed by atoms with Crippen molar-refractivity contribution in [3.8, 4) is 0 Å². The van der Waals surface area contributed by atoms with Crippen molar-refractivity contribution in [2.45, 2.75) is 26.0 Å². The molecule has 17 heavy (non-hydrogen) atoms. The molecule has 0 amide bonds. The summed E-state index contributed by atoms with van der Waals surface area (Å²) in [6.45, 7) is 4.07. The fourth-order valence-electron chi connectivity index (χ4n) is 2.00. The minimum Gasteiger partial charge on any atom is -0.386 e. The maximum absolute atomic E-state index is 10.3.